The molecule has 0 nitrogen and oxygen atoms in total. The van der Waals surface area contributed by atoms with Crippen molar-refractivity contribution in [2.24, 2.45) is 0 Å². The molecule has 0 aliphatic carbocycles. The van der Waals surface area contributed by atoms with E-state index in [4.69, 9.17) is 0 Å². The number of rotatable bonds is 2. The van der Waals surface area contributed by atoms with Crippen molar-refractivity contribution in [2.75, 3.05) is 6.67 Å². The zero-order valence-electron chi connectivity index (χ0n) is 6.08. The molecule has 0 spiro atoms. The Balaban J connectivity index is 0. The zero-order chi connectivity index (χ0) is 8.57. The van der Waals surface area contributed by atoms with Gasteiger partial charge in [0.2, 0.25) is 6.43 Å². The van der Waals surface area contributed by atoms with Crippen LogP contribution in [0.3, 0.4) is 0 Å². The van der Waals surface area contributed by atoms with Crippen LogP contribution in [-0.4, -0.2) is 19.3 Å². The van der Waals surface area contributed by atoms with Gasteiger partial charge >= 0.3 is 0 Å². The van der Waals surface area contributed by atoms with Gasteiger partial charge in [-0.1, -0.05) is 6.92 Å². The van der Waals surface area contributed by atoms with Gasteiger partial charge in [-0.3, -0.25) is 0 Å². The highest BCUT2D eigenvalue weighted by atomic mass is 19.3. The second-order valence-electron chi connectivity index (χ2n) is 1.73. The number of alkyl halides is 4. The van der Waals surface area contributed by atoms with Crippen LogP contribution in [0.25, 0.3) is 0 Å². The topological polar surface area (TPSA) is 0 Å². The van der Waals surface area contributed by atoms with Crippen LogP contribution < -0.4 is 0 Å². The van der Waals surface area contributed by atoms with Gasteiger partial charge in [0, 0.05) is 6.42 Å². The minimum absolute atomic E-state index is 0.0278. The first-order chi connectivity index (χ1) is 4.54. The van der Waals surface area contributed by atoms with Gasteiger partial charge < -0.3 is 0 Å². The predicted octanol–water partition coefficient (Wildman–Crippen LogP) is 2.98. The summed E-state index contributed by atoms with van der Waals surface area (Å²) in [6, 6.07) is 0. The van der Waals surface area contributed by atoms with Crippen molar-refractivity contribution in [3.8, 4) is 0 Å². The highest BCUT2D eigenvalue weighted by molar-refractivity contribution is 4.35. The molecule has 0 aromatic carbocycles. The Kier molecular flexibility index (Phi) is 10.8. The average Bonchev–Trinajstić information content (AvgIpc) is 1.89. The quantitative estimate of drug-likeness (QED) is 0.545. The van der Waals surface area contributed by atoms with Crippen molar-refractivity contribution >= 4 is 0 Å². The lowest BCUT2D eigenvalue weighted by molar-refractivity contribution is 0.144. The maximum absolute atomic E-state index is 11.1. The van der Waals surface area contributed by atoms with Gasteiger partial charge in [0.1, 0.15) is 12.8 Å². The lowest BCUT2D eigenvalue weighted by Gasteiger charge is -1.83. The predicted molar refractivity (Wildman–Crippen MR) is 32.8 cm³/mol. The van der Waals surface area contributed by atoms with E-state index < -0.39 is 19.3 Å². The van der Waals surface area contributed by atoms with Crippen LogP contribution in [0.5, 0.6) is 0 Å². The normalized spacial score (nSPS) is 12.3. The molecule has 0 saturated heterocycles. The van der Waals surface area contributed by atoms with Crippen molar-refractivity contribution in [3.63, 3.8) is 0 Å². The fourth-order valence-corrected chi connectivity index (χ4v) is 0. The third kappa shape index (κ3) is 25.2. The highest BCUT2D eigenvalue weighted by Gasteiger charge is 1.91. The summed E-state index contributed by atoms with van der Waals surface area (Å²) in [5.74, 6) is 0. The molecule has 0 N–H and O–H groups in total. The molecule has 0 aliphatic heterocycles. The first kappa shape index (κ1) is 12.4. The van der Waals surface area contributed by atoms with Gasteiger partial charge in [-0.2, -0.15) is 0 Å². The lowest BCUT2D eigenvalue weighted by Crippen LogP contribution is -1.91. The smallest absolute Gasteiger partial charge is 0.238 e. The van der Waals surface area contributed by atoms with Crippen LogP contribution in [0.2, 0.25) is 0 Å². The van der Waals surface area contributed by atoms with E-state index >= 15 is 0 Å². The number of hydrogen-bond acceptors (Lipinski definition) is 0. The summed E-state index contributed by atoms with van der Waals surface area (Å²) in [4.78, 5) is 0. The minimum atomic E-state index is -2.12. The standard InChI is InChI=1S/2C3H6F2/c1-3(5)2-4;1-2-3(4)5/h2*3H,2H2,1H3. The fraction of sp³-hybridized carbons (Fsp3) is 1.00. The van der Waals surface area contributed by atoms with Crippen molar-refractivity contribution in [2.45, 2.75) is 32.9 Å². The Hall–Kier alpha value is -0.280. The lowest BCUT2D eigenvalue weighted by atomic mass is 10.5. The molecular formula is C6H12F4. The van der Waals surface area contributed by atoms with Crippen LogP contribution in [-0.2, 0) is 0 Å². The maximum atomic E-state index is 11.1. The number of halogens is 4. The first-order valence-corrected chi connectivity index (χ1v) is 3.02. The van der Waals surface area contributed by atoms with Crippen LogP contribution in [0.4, 0.5) is 17.6 Å². The summed E-state index contributed by atoms with van der Waals surface area (Å²) in [5, 5.41) is 0. The Morgan fingerprint density at radius 2 is 1.40 bits per heavy atom. The fourth-order valence-electron chi connectivity index (χ4n) is 0. The highest BCUT2D eigenvalue weighted by Crippen LogP contribution is 1.93. The van der Waals surface area contributed by atoms with E-state index in [2.05, 4.69) is 0 Å². The maximum Gasteiger partial charge on any atom is 0.238 e. The molecule has 0 saturated carbocycles. The summed E-state index contributed by atoms with van der Waals surface area (Å²) in [6.07, 6.45) is -3.43. The van der Waals surface area contributed by atoms with Gasteiger partial charge in [-0.15, -0.1) is 0 Å². The van der Waals surface area contributed by atoms with Crippen molar-refractivity contribution in [3.05, 3.63) is 0 Å². The molecule has 0 rings (SSSR count). The Labute approximate surface area is 58.2 Å². The molecule has 1 atom stereocenters. The first-order valence-electron chi connectivity index (χ1n) is 3.02. The summed E-state index contributed by atoms with van der Waals surface area (Å²) >= 11 is 0. The van der Waals surface area contributed by atoms with E-state index in [1.54, 1.807) is 0 Å². The van der Waals surface area contributed by atoms with Crippen molar-refractivity contribution in [1.82, 2.24) is 0 Å². The average molecular weight is 160 g/mol. The van der Waals surface area contributed by atoms with Crippen LogP contribution >= 0.6 is 0 Å². The summed E-state index contributed by atoms with van der Waals surface area (Å²) in [7, 11) is 0. The molecule has 4 heteroatoms. The Morgan fingerprint density at radius 1 is 1.20 bits per heavy atom. The van der Waals surface area contributed by atoms with Gasteiger partial charge in [0.25, 0.3) is 0 Å². The Bertz CT molecular complexity index is 45.7. The van der Waals surface area contributed by atoms with Crippen molar-refractivity contribution < 1.29 is 17.6 Å². The van der Waals surface area contributed by atoms with Crippen LogP contribution in [0, 0.1) is 0 Å². The molecule has 0 bridgehead atoms. The molecule has 0 radical (unpaired) electrons. The molecule has 0 fully saturated rings. The van der Waals surface area contributed by atoms with Gasteiger partial charge in [-0.25, -0.2) is 17.6 Å². The van der Waals surface area contributed by atoms with E-state index in [-0.39, 0.29) is 6.42 Å². The SMILES string of the molecule is CC(F)CF.CCC(F)F. The Morgan fingerprint density at radius 3 is 1.40 bits per heavy atom. The monoisotopic (exact) mass is 160 g/mol. The minimum Gasteiger partial charge on any atom is -0.248 e. The van der Waals surface area contributed by atoms with E-state index in [9.17, 15) is 17.6 Å². The summed E-state index contributed by atoms with van der Waals surface area (Å²) < 4.78 is 43.3. The second-order valence-corrected chi connectivity index (χ2v) is 1.73. The van der Waals surface area contributed by atoms with E-state index in [1.807, 2.05) is 0 Å². The third-order valence-electron chi connectivity index (χ3n) is 0.521. The van der Waals surface area contributed by atoms with Crippen LogP contribution in [0.15, 0.2) is 0 Å². The molecule has 0 aromatic rings. The molecule has 1 unspecified atom stereocenters. The van der Waals surface area contributed by atoms with E-state index in [1.165, 1.54) is 13.8 Å². The zero-order valence-corrected chi connectivity index (χ0v) is 6.08. The van der Waals surface area contributed by atoms with E-state index in [0.29, 0.717) is 0 Å². The van der Waals surface area contributed by atoms with E-state index in [0.717, 1.165) is 0 Å². The van der Waals surface area contributed by atoms with Crippen molar-refractivity contribution in [1.29, 1.82) is 0 Å². The van der Waals surface area contributed by atoms with Gasteiger partial charge in [0.05, 0.1) is 0 Å². The largest absolute Gasteiger partial charge is 0.248 e. The van der Waals surface area contributed by atoms with Gasteiger partial charge in [0.15, 0.2) is 0 Å². The molecular weight excluding hydrogens is 148 g/mol. The van der Waals surface area contributed by atoms with Crippen LogP contribution in [0.1, 0.15) is 20.3 Å². The molecule has 0 aliphatic rings. The molecule has 0 amide bonds. The molecule has 64 valence electrons. The summed E-state index contributed by atoms with van der Waals surface area (Å²) in [6.45, 7) is 1.77. The molecule has 10 heavy (non-hydrogen) atoms. The van der Waals surface area contributed by atoms with Gasteiger partial charge in [-0.05, 0) is 6.92 Å². The summed E-state index contributed by atoms with van der Waals surface area (Å²) in [5.41, 5.74) is 0. The number of hydrogen-bond donors (Lipinski definition) is 0. The second kappa shape index (κ2) is 8.72. The molecule has 0 heterocycles. The third-order valence-corrected chi connectivity index (χ3v) is 0.521. The molecule has 0 aromatic heterocycles.